The van der Waals surface area contributed by atoms with Gasteiger partial charge in [-0.3, -0.25) is 14.8 Å². The molecule has 0 radical (unpaired) electrons. The Morgan fingerprint density at radius 1 is 1.17 bits per heavy atom. The van der Waals surface area contributed by atoms with E-state index in [0.717, 1.165) is 41.6 Å². The van der Waals surface area contributed by atoms with Crippen molar-refractivity contribution in [3.63, 3.8) is 0 Å². The summed E-state index contributed by atoms with van der Waals surface area (Å²) >= 11 is 0. The summed E-state index contributed by atoms with van der Waals surface area (Å²) < 4.78 is 11.2. The lowest BCUT2D eigenvalue weighted by Gasteiger charge is -2.26. The monoisotopic (exact) mass is 394 g/mol. The molecular formula is C24H30N2O3. The van der Waals surface area contributed by atoms with Gasteiger partial charge in [-0.1, -0.05) is 25.8 Å². The Morgan fingerprint density at radius 2 is 2.00 bits per heavy atom. The van der Waals surface area contributed by atoms with Crippen molar-refractivity contribution in [3.8, 4) is 17.0 Å². The molecule has 29 heavy (non-hydrogen) atoms. The number of esters is 1. The summed E-state index contributed by atoms with van der Waals surface area (Å²) in [7, 11) is 0. The molecule has 2 atom stereocenters. The van der Waals surface area contributed by atoms with E-state index in [2.05, 4.69) is 11.9 Å². The van der Waals surface area contributed by atoms with E-state index in [9.17, 15) is 4.79 Å². The van der Waals surface area contributed by atoms with Gasteiger partial charge in [-0.15, -0.1) is 0 Å². The topological polar surface area (TPSA) is 61.3 Å². The predicted octanol–water partition coefficient (Wildman–Crippen LogP) is 5.02. The molecule has 0 aliphatic heterocycles. The highest BCUT2D eigenvalue weighted by molar-refractivity contribution is 5.77. The van der Waals surface area contributed by atoms with Gasteiger partial charge in [0.25, 0.3) is 0 Å². The number of nitrogens with zero attached hydrogens (tertiary/aromatic N) is 2. The van der Waals surface area contributed by atoms with Gasteiger partial charge in [-0.05, 0) is 56.2 Å². The van der Waals surface area contributed by atoms with Crippen molar-refractivity contribution >= 4 is 5.97 Å². The zero-order chi connectivity index (χ0) is 20.2. The van der Waals surface area contributed by atoms with Crippen LogP contribution in [0.1, 0.15) is 57.6 Å². The van der Waals surface area contributed by atoms with Gasteiger partial charge in [0.05, 0.1) is 31.0 Å². The Hall–Kier alpha value is -2.43. The zero-order valence-electron chi connectivity index (χ0n) is 17.3. The SMILES string of the molecule is CCOC(=O)[C@H]1C[C@@H]1c1cccc(-c2cncc(OCC3CCC(C)CC3)c2)n1. The maximum atomic E-state index is 11.9. The Labute approximate surface area is 172 Å². The van der Waals surface area contributed by atoms with Gasteiger partial charge in [0.15, 0.2) is 0 Å². The van der Waals surface area contributed by atoms with E-state index < -0.39 is 0 Å². The minimum atomic E-state index is -0.112. The van der Waals surface area contributed by atoms with Crippen molar-refractivity contribution in [2.75, 3.05) is 13.2 Å². The average molecular weight is 395 g/mol. The lowest BCUT2D eigenvalue weighted by Crippen LogP contribution is -2.18. The van der Waals surface area contributed by atoms with Crippen LogP contribution in [0.4, 0.5) is 0 Å². The van der Waals surface area contributed by atoms with Crippen molar-refractivity contribution in [2.24, 2.45) is 17.8 Å². The number of rotatable bonds is 7. The molecule has 2 fully saturated rings. The van der Waals surface area contributed by atoms with Gasteiger partial charge in [0.1, 0.15) is 5.75 Å². The fourth-order valence-corrected chi connectivity index (χ4v) is 4.20. The van der Waals surface area contributed by atoms with Crippen LogP contribution in [0.5, 0.6) is 5.75 Å². The standard InChI is InChI=1S/C24H30N2O3/c1-3-28-24(27)21-12-20(21)23-6-4-5-22(26-23)18-11-19(14-25-13-18)29-15-17-9-7-16(2)8-10-17/h4-6,11,13-14,16-17,20-21H,3,7-10,12,15H2,1-2H3/t16?,17?,20-,21-/m0/s1. The van der Waals surface area contributed by atoms with Gasteiger partial charge in [0.2, 0.25) is 0 Å². The van der Waals surface area contributed by atoms with Gasteiger partial charge < -0.3 is 9.47 Å². The molecule has 2 aromatic heterocycles. The van der Waals surface area contributed by atoms with Crippen LogP contribution < -0.4 is 4.74 Å². The number of pyridine rings is 2. The number of carbonyl (C=O) groups excluding carboxylic acids is 1. The minimum Gasteiger partial charge on any atom is -0.492 e. The van der Waals surface area contributed by atoms with Crippen molar-refractivity contribution in [3.05, 3.63) is 42.4 Å². The largest absolute Gasteiger partial charge is 0.492 e. The van der Waals surface area contributed by atoms with Crippen LogP contribution in [-0.2, 0) is 9.53 Å². The van der Waals surface area contributed by atoms with Crippen LogP contribution in [0.25, 0.3) is 11.3 Å². The Kier molecular flexibility index (Phi) is 6.12. The molecular weight excluding hydrogens is 364 g/mol. The molecule has 0 N–H and O–H groups in total. The van der Waals surface area contributed by atoms with Gasteiger partial charge >= 0.3 is 5.97 Å². The minimum absolute atomic E-state index is 0.0521. The highest BCUT2D eigenvalue weighted by atomic mass is 16.5. The first-order chi connectivity index (χ1) is 14.1. The molecule has 154 valence electrons. The molecule has 4 rings (SSSR count). The third-order valence-corrected chi connectivity index (χ3v) is 6.16. The molecule has 2 saturated carbocycles. The second-order valence-electron chi connectivity index (χ2n) is 8.49. The second-order valence-corrected chi connectivity index (χ2v) is 8.49. The van der Waals surface area contributed by atoms with E-state index in [4.69, 9.17) is 14.5 Å². The summed E-state index contributed by atoms with van der Waals surface area (Å²) in [6.45, 7) is 5.36. The zero-order valence-corrected chi connectivity index (χ0v) is 17.3. The second kappa shape index (κ2) is 8.93. The molecule has 0 amide bonds. The van der Waals surface area contributed by atoms with E-state index in [0.29, 0.717) is 12.5 Å². The van der Waals surface area contributed by atoms with E-state index in [-0.39, 0.29) is 17.8 Å². The van der Waals surface area contributed by atoms with Crippen molar-refractivity contribution < 1.29 is 14.3 Å². The quantitative estimate of drug-likeness (QED) is 0.618. The Morgan fingerprint density at radius 3 is 2.79 bits per heavy atom. The third kappa shape index (κ3) is 4.95. The van der Waals surface area contributed by atoms with Crippen molar-refractivity contribution in [1.29, 1.82) is 0 Å². The van der Waals surface area contributed by atoms with Crippen LogP contribution in [-0.4, -0.2) is 29.2 Å². The molecule has 2 aliphatic rings. The molecule has 5 heteroatoms. The fraction of sp³-hybridized carbons (Fsp3) is 0.542. The lowest BCUT2D eigenvalue weighted by atomic mass is 9.83. The molecule has 2 aromatic rings. The lowest BCUT2D eigenvalue weighted by molar-refractivity contribution is -0.144. The highest BCUT2D eigenvalue weighted by Crippen LogP contribution is 2.47. The number of aromatic nitrogens is 2. The van der Waals surface area contributed by atoms with Crippen molar-refractivity contribution in [1.82, 2.24) is 9.97 Å². The number of ether oxygens (including phenoxy) is 2. The first-order valence-corrected chi connectivity index (χ1v) is 10.9. The maximum Gasteiger partial charge on any atom is 0.309 e. The first-order valence-electron chi connectivity index (χ1n) is 10.9. The number of hydrogen-bond acceptors (Lipinski definition) is 5. The van der Waals surface area contributed by atoms with E-state index in [1.165, 1.54) is 25.7 Å². The van der Waals surface area contributed by atoms with Crippen LogP contribution in [0.15, 0.2) is 36.7 Å². The van der Waals surface area contributed by atoms with Gasteiger partial charge in [-0.2, -0.15) is 0 Å². The Bertz CT molecular complexity index is 846. The Balaban J connectivity index is 1.40. The summed E-state index contributed by atoms with van der Waals surface area (Å²) in [6.07, 6.45) is 9.51. The van der Waals surface area contributed by atoms with E-state index in [1.54, 1.807) is 6.20 Å². The van der Waals surface area contributed by atoms with Crippen LogP contribution >= 0.6 is 0 Å². The molecule has 2 aliphatic carbocycles. The highest BCUT2D eigenvalue weighted by Gasteiger charge is 2.46. The van der Waals surface area contributed by atoms with E-state index >= 15 is 0 Å². The number of carbonyl (C=O) groups is 1. The molecule has 0 saturated heterocycles. The van der Waals surface area contributed by atoms with Crippen LogP contribution in [0.2, 0.25) is 0 Å². The average Bonchev–Trinajstić information content (AvgIpc) is 3.55. The van der Waals surface area contributed by atoms with Crippen LogP contribution in [0.3, 0.4) is 0 Å². The normalized spacial score (nSPS) is 26.0. The fourth-order valence-electron chi connectivity index (χ4n) is 4.20. The molecule has 0 unspecified atom stereocenters. The first kappa shape index (κ1) is 19.9. The predicted molar refractivity (Wildman–Crippen MR) is 112 cm³/mol. The van der Waals surface area contributed by atoms with Crippen molar-refractivity contribution in [2.45, 2.75) is 51.9 Å². The van der Waals surface area contributed by atoms with Gasteiger partial charge in [-0.25, -0.2) is 0 Å². The molecule has 0 aromatic carbocycles. The van der Waals surface area contributed by atoms with E-state index in [1.807, 2.05) is 37.4 Å². The summed E-state index contributed by atoms with van der Waals surface area (Å²) in [4.78, 5) is 21.1. The summed E-state index contributed by atoms with van der Waals surface area (Å²) in [5.74, 6) is 2.29. The molecule has 0 bridgehead atoms. The molecule has 2 heterocycles. The summed E-state index contributed by atoms with van der Waals surface area (Å²) in [6, 6.07) is 7.98. The molecule has 0 spiro atoms. The maximum absolute atomic E-state index is 11.9. The summed E-state index contributed by atoms with van der Waals surface area (Å²) in [5.41, 5.74) is 2.75. The van der Waals surface area contributed by atoms with Crippen LogP contribution in [0, 0.1) is 17.8 Å². The van der Waals surface area contributed by atoms with Gasteiger partial charge in [0, 0.05) is 23.4 Å². The number of hydrogen-bond donors (Lipinski definition) is 0. The summed E-state index contributed by atoms with van der Waals surface area (Å²) in [5, 5.41) is 0. The molecule has 5 nitrogen and oxygen atoms in total. The smallest absolute Gasteiger partial charge is 0.309 e. The third-order valence-electron chi connectivity index (χ3n) is 6.16.